The first-order valence-electron chi connectivity index (χ1n) is 6.45. The fourth-order valence-electron chi connectivity index (χ4n) is 1.88. The maximum atomic E-state index is 12.1. The van der Waals surface area contributed by atoms with Gasteiger partial charge >= 0.3 is 5.97 Å². The van der Waals surface area contributed by atoms with Gasteiger partial charge in [0.25, 0.3) is 0 Å². The van der Waals surface area contributed by atoms with E-state index >= 15 is 0 Å². The van der Waals surface area contributed by atoms with Gasteiger partial charge in [-0.2, -0.15) is 5.26 Å². The standard InChI is InChI=1S/C17H15NO3/c1-12-3-8-16(20-2)15(9-12)17(19)21-11-14-6-4-13(10-18)5-7-14/h3-9H,11H2,1-2H3. The number of nitrogens with zero attached hydrogens (tertiary/aromatic N) is 1. The predicted octanol–water partition coefficient (Wildman–Crippen LogP) is 3.23. The van der Waals surface area contributed by atoms with Crippen LogP contribution in [0.5, 0.6) is 5.75 Å². The molecule has 0 fully saturated rings. The van der Waals surface area contributed by atoms with E-state index in [1.807, 2.05) is 19.1 Å². The van der Waals surface area contributed by atoms with Gasteiger partial charge in [-0.3, -0.25) is 0 Å². The Bertz CT molecular complexity index is 684. The normalized spacial score (nSPS) is 9.76. The van der Waals surface area contributed by atoms with E-state index in [9.17, 15) is 4.79 Å². The lowest BCUT2D eigenvalue weighted by Gasteiger charge is -2.09. The van der Waals surface area contributed by atoms with Gasteiger partial charge in [0.05, 0.1) is 18.7 Å². The molecular weight excluding hydrogens is 266 g/mol. The van der Waals surface area contributed by atoms with Crippen molar-refractivity contribution in [2.45, 2.75) is 13.5 Å². The summed E-state index contributed by atoms with van der Waals surface area (Å²) >= 11 is 0. The van der Waals surface area contributed by atoms with E-state index < -0.39 is 5.97 Å². The topological polar surface area (TPSA) is 59.3 Å². The highest BCUT2D eigenvalue weighted by Crippen LogP contribution is 2.21. The van der Waals surface area contributed by atoms with Crippen LogP contribution in [0.1, 0.15) is 27.0 Å². The Morgan fingerprint density at radius 1 is 1.19 bits per heavy atom. The first-order chi connectivity index (χ1) is 10.1. The van der Waals surface area contributed by atoms with Gasteiger partial charge in [0.15, 0.2) is 0 Å². The second-order valence-corrected chi connectivity index (χ2v) is 4.59. The molecule has 0 aromatic heterocycles. The Labute approximate surface area is 123 Å². The minimum Gasteiger partial charge on any atom is -0.496 e. The Balaban J connectivity index is 2.08. The summed E-state index contributed by atoms with van der Waals surface area (Å²) in [7, 11) is 1.52. The third kappa shape index (κ3) is 3.61. The largest absolute Gasteiger partial charge is 0.496 e. The molecule has 2 aromatic carbocycles. The average Bonchev–Trinajstić information content (AvgIpc) is 2.53. The van der Waals surface area contributed by atoms with Crippen LogP contribution in [0.4, 0.5) is 0 Å². The van der Waals surface area contributed by atoms with Crippen molar-refractivity contribution < 1.29 is 14.3 Å². The summed E-state index contributed by atoms with van der Waals surface area (Å²) < 4.78 is 10.5. The van der Waals surface area contributed by atoms with Gasteiger partial charge in [-0.15, -0.1) is 0 Å². The van der Waals surface area contributed by atoms with E-state index in [-0.39, 0.29) is 6.61 Å². The quantitative estimate of drug-likeness (QED) is 0.807. The zero-order valence-electron chi connectivity index (χ0n) is 11.9. The van der Waals surface area contributed by atoms with E-state index in [4.69, 9.17) is 14.7 Å². The lowest BCUT2D eigenvalue weighted by molar-refractivity contribution is 0.0469. The van der Waals surface area contributed by atoms with E-state index in [1.54, 1.807) is 36.4 Å². The zero-order valence-corrected chi connectivity index (χ0v) is 11.9. The van der Waals surface area contributed by atoms with Gasteiger partial charge in [0.2, 0.25) is 0 Å². The zero-order chi connectivity index (χ0) is 15.2. The van der Waals surface area contributed by atoms with Crippen LogP contribution in [0.25, 0.3) is 0 Å². The van der Waals surface area contributed by atoms with E-state index in [1.165, 1.54) is 7.11 Å². The van der Waals surface area contributed by atoms with Crippen molar-refractivity contribution in [1.29, 1.82) is 5.26 Å². The van der Waals surface area contributed by atoms with Gasteiger partial charge in [-0.25, -0.2) is 4.79 Å². The number of benzene rings is 2. The summed E-state index contributed by atoms with van der Waals surface area (Å²) in [6.45, 7) is 2.05. The van der Waals surface area contributed by atoms with Crippen LogP contribution in [-0.2, 0) is 11.3 Å². The number of hydrogen-bond donors (Lipinski definition) is 0. The highest BCUT2D eigenvalue weighted by atomic mass is 16.5. The number of rotatable bonds is 4. The maximum absolute atomic E-state index is 12.1. The Hall–Kier alpha value is -2.80. The molecule has 0 saturated carbocycles. The molecule has 0 aliphatic heterocycles. The van der Waals surface area contributed by atoms with Gasteiger partial charge in [-0.1, -0.05) is 23.8 Å². The summed E-state index contributed by atoms with van der Waals surface area (Å²) in [6, 6.07) is 14.3. The number of carbonyl (C=O) groups is 1. The van der Waals surface area contributed by atoms with E-state index in [0.29, 0.717) is 16.9 Å². The molecular formula is C17H15NO3. The highest BCUT2D eigenvalue weighted by molar-refractivity contribution is 5.92. The van der Waals surface area contributed by atoms with Gasteiger partial charge in [0, 0.05) is 0 Å². The number of methoxy groups -OCH3 is 1. The Morgan fingerprint density at radius 3 is 2.52 bits per heavy atom. The molecule has 0 N–H and O–H groups in total. The molecule has 0 spiro atoms. The molecule has 0 saturated heterocycles. The third-order valence-corrected chi connectivity index (χ3v) is 3.03. The van der Waals surface area contributed by atoms with Crippen molar-refractivity contribution in [1.82, 2.24) is 0 Å². The van der Waals surface area contributed by atoms with Crippen molar-refractivity contribution in [3.63, 3.8) is 0 Å². The number of ether oxygens (including phenoxy) is 2. The van der Waals surface area contributed by atoms with Crippen molar-refractivity contribution in [3.05, 3.63) is 64.7 Å². The van der Waals surface area contributed by atoms with E-state index in [2.05, 4.69) is 0 Å². The van der Waals surface area contributed by atoms with Crippen molar-refractivity contribution in [3.8, 4) is 11.8 Å². The fourth-order valence-corrected chi connectivity index (χ4v) is 1.88. The average molecular weight is 281 g/mol. The molecule has 0 aliphatic carbocycles. The lowest BCUT2D eigenvalue weighted by Crippen LogP contribution is -2.07. The first-order valence-corrected chi connectivity index (χ1v) is 6.45. The SMILES string of the molecule is COc1ccc(C)cc1C(=O)OCc1ccc(C#N)cc1. The third-order valence-electron chi connectivity index (χ3n) is 3.03. The second kappa shape index (κ2) is 6.58. The number of aryl methyl sites for hydroxylation is 1. The van der Waals surface area contributed by atoms with Gasteiger partial charge in [0.1, 0.15) is 17.9 Å². The molecule has 2 rings (SSSR count). The van der Waals surface area contributed by atoms with Crippen LogP contribution in [0.2, 0.25) is 0 Å². The van der Waals surface area contributed by atoms with E-state index in [0.717, 1.165) is 11.1 Å². The Morgan fingerprint density at radius 2 is 1.90 bits per heavy atom. The summed E-state index contributed by atoms with van der Waals surface area (Å²) in [4.78, 5) is 12.1. The molecule has 0 atom stereocenters. The number of carbonyl (C=O) groups excluding carboxylic acids is 1. The molecule has 0 aliphatic rings. The molecule has 106 valence electrons. The van der Waals surface area contributed by atoms with Crippen LogP contribution in [0, 0.1) is 18.3 Å². The Kier molecular flexibility index (Phi) is 4.57. The van der Waals surface area contributed by atoms with Crippen LogP contribution in [-0.4, -0.2) is 13.1 Å². The summed E-state index contributed by atoms with van der Waals surface area (Å²) in [5, 5.41) is 8.73. The van der Waals surface area contributed by atoms with Crippen molar-refractivity contribution >= 4 is 5.97 Å². The number of hydrogen-bond acceptors (Lipinski definition) is 4. The van der Waals surface area contributed by atoms with Crippen molar-refractivity contribution in [2.24, 2.45) is 0 Å². The van der Waals surface area contributed by atoms with Crippen LogP contribution in [0.15, 0.2) is 42.5 Å². The molecule has 4 nitrogen and oxygen atoms in total. The minimum absolute atomic E-state index is 0.154. The molecule has 4 heteroatoms. The van der Waals surface area contributed by atoms with Crippen LogP contribution in [0.3, 0.4) is 0 Å². The predicted molar refractivity (Wildman–Crippen MR) is 78.0 cm³/mol. The first kappa shape index (κ1) is 14.6. The monoisotopic (exact) mass is 281 g/mol. The summed E-state index contributed by atoms with van der Waals surface area (Å²) in [5.74, 6) is 0.0605. The molecule has 0 heterocycles. The summed E-state index contributed by atoms with van der Waals surface area (Å²) in [5.41, 5.74) is 2.77. The van der Waals surface area contributed by atoms with Crippen molar-refractivity contribution in [2.75, 3.05) is 7.11 Å². The van der Waals surface area contributed by atoms with Gasteiger partial charge < -0.3 is 9.47 Å². The van der Waals surface area contributed by atoms with Crippen LogP contribution < -0.4 is 4.74 Å². The molecule has 0 amide bonds. The highest BCUT2D eigenvalue weighted by Gasteiger charge is 2.14. The molecule has 21 heavy (non-hydrogen) atoms. The molecule has 0 unspecified atom stereocenters. The lowest BCUT2D eigenvalue weighted by atomic mass is 10.1. The maximum Gasteiger partial charge on any atom is 0.342 e. The second-order valence-electron chi connectivity index (χ2n) is 4.59. The summed E-state index contributed by atoms with van der Waals surface area (Å²) in [6.07, 6.45) is 0. The number of nitriles is 1. The molecule has 0 radical (unpaired) electrons. The minimum atomic E-state index is -0.431. The fraction of sp³-hybridized carbons (Fsp3) is 0.176. The molecule has 2 aromatic rings. The van der Waals surface area contributed by atoms with Gasteiger partial charge in [-0.05, 0) is 36.8 Å². The number of esters is 1. The smallest absolute Gasteiger partial charge is 0.342 e. The van der Waals surface area contributed by atoms with Crippen LogP contribution >= 0.6 is 0 Å². The molecule has 0 bridgehead atoms.